The molecule has 12 aromatic rings. The average Bonchev–Trinajstić information content (AvgIpc) is 3.81. The van der Waals surface area contributed by atoms with Crippen LogP contribution in [-0.4, -0.2) is 24.1 Å². The summed E-state index contributed by atoms with van der Waals surface area (Å²) in [5.74, 6) is 1.93. The van der Waals surface area contributed by atoms with Crippen molar-refractivity contribution in [1.82, 2.24) is 24.1 Å². The molecule has 0 aliphatic heterocycles. The monoisotopic (exact) mass is 739 g/mol. The topological polar surface area (TPSA) is 48.5 Å². The van der Waals surface area contributed by atoms with Crippen LogP contribution in [0.1, 0.15) is 0 Å². The Morgan fingerprint density at radius 1 is 0.310 bits per heavy atom. The molecule has 0 amide bonds. The highest BCUT2D eigenvalue weighted by Crippen LogP contribution is 2.45. The lowest BCUT2D eigenvalue weighted by atomic mass is 10.0. The molecule has 0 saturated heterocycles. The Morgan fingerprint density at radius 3 is 1.47 bits per heavy atom. The molecule has 3 heterocycles. The van der Waals surface area contributed by atoms with Crippen molar-refractivity contribution < 1.29 is 0 Å². The first kappa shape index (κ1) is 32.4. The zero-order valence-corrected chi connectivity index (χ0v) is 31.3. The van der Waals surface area contributed by atoms with E-state index in [9.17, 15) is 0 Å². The minimum atomic E-state index is 0.633. The molecule has 5 nitrogen and oxygen atoms in total. The van der Waals surface area contributed by atoms with Crippen molar-refractivity contribution in [1.29, 1.82) is 0 Å². The molecular weight excluding hydrogens is 707 g/mol. The molecule has 0 unspecified atom stereocenters. The zero-order valence-electron chi connectivity index (χ0n) is 31.3. The van der Waals surface area contributed by atoms with Crippen LogP contribution in [0, 0.1) is 0 Å². The van der Waals surface area contributed by atoms with Gasteiger partial charge in [0.2, 0.25) is 0 Å². The summed E-state index contributed by atoms with van der Waals surface area (Å²) in [7, 11) is 0. The van der Waals surface area contributed by atoms with Gasteiger partial charge < -0.3 is 9.13 Å². The Labute approximate surface area is 333 Å². The van der Waals surface area contributed by atoms with Crippen LogP contribution in [0.5, 0.6) is 0 Å². The maximum Gasteiger partial charge on any atom is 0.164 e. The van der Waals surface area contributed by atoms with Gasteiger partial charge in [0, 0.05) is 54.7 Å². The maximum absolute atomic E-state index is 5.01. The van der Waals surface area contributed by atoms with E-state index < -0.39 is 0 Å². The molecule has 12 rings (SSSR count). The normalized spacial score (nSPS) is 11.8. The van der Waals surface area contributed by atoms with Gasteiger partial charge in [0.25, 0.3) is 0 Å². The van der Waals surface area contributed by atoms with Gasteiger partial charge in [-0.05, 0) is 53.2 Å². The summed E-state index contributed by atoms with van der Waals surface area (Å²) in [4.78, 5) is 14.9. The summed E-state index contributed by atoms with van der Waals surface area (Å²) in [5.41, 5.74) is 9.77. The quantitative estimate of drug-likeness (QED) is 0.177. The van der Waals surface area contributed by atoms with Crippen molar-refractivity contribution in [3.05, 3.63) is 200 Å². The summed E-state index contributed by atoms with van der Waals surface area (Å²) < 4.78 is 4.95. The van der Waals surface area contributed by atoms with Crippen molar-refractivity contribution in [2.24, 2.45) is 0 Å². The second-order valence-electron chi connectivity index (χ2n) is 14.8. The van der Waals surface area contributed by atoms with E-state index in [1.54, 1.807) is 0 Å². The van der Waals surface area contributed by atoms with Crippen LogP contribution in [0.2, 0.25) is 0 Å². The van der Waals surface area contributed by atoms with Gasteiger partial charge in [-0.25, -0.2) is 15.0 Å². The number of aromatic nitrogens is 5. The summed E-state index contributed by atoms with van der Waals surface area (Å²) in [5, 5.41) is 9.76. The Bertz CT molecular complexity index is 3490. The standard InChI is InChI=1S/C53H33N5/c1-3-16-35(17-4-1)51-54-52(36-18-5-2-6-19-36)56-53(55-51)37-27-30-39(31-28-37)57-46-26-14-12-24-44(46)48-47(57)33-38-20-8-10-22-41(38)50(48)58-45-25-13-11-23-42(45)43-32-29-34-15-7-9-21-40(34)49(43)58/h1-33H. The van der Waals surface area contributed by atoms with Crippen molar-refractivity contribution in [3.63, 3.8) is 0 Å². The molecule has 5 heteroatoms. The maximum atomic E-state index is 5.01. The highest BCUT2D eigenvalue weighted by molar-refractivity contribution is 6.24. The highest BCUT2D eigenvalue weighted by atomic mass is 15.0. The zero-order chi connectivity index (χ0) is 38.2. The van der Waals surface area contributed by atoms with Crippen molar-refractivity contribution in [2.75, 3.05) is 0 Å². The largest absolute Gasteiger partial charge is 0.309 e. The fourth-order valence-corrected chi connectivity index (χ4v) is 8.94. The van der Waals surface area contributed by atoms with Crippen LogP contribution >= 0.6 is 0 Å². The summed E-state index contributed by atoms with van der Waals surface area (Å²) in [6.45, 7) is 0. The molecule has 0 N–H and O–H groups in total. The first-order valence-corrected chi connectivity index (χ1v) is 19.6. The third-order valence-electron chi connectivity index (χ3n) is 11.5. The minimum Gasteiger partial charge on any atom is -0.309 e. The third-order valence-corrected chi connectivity index (χ3v) is 11.5. The second kappa shape index (κ2) is 12.8. The molecule has 270 valence electrons. The van der Waals surface area contributed by atoms with Gasteiger partial charge in [-0.3, -0.25) is 0 Å². The van der Waals surface area contributed by atoms with E-state index in [4.69, 9.17) is 15.0 Å². The molecule has 0 saturated carbocycles. The number of hydrogen-bond acceptors (Lipinski definition) is 3. The van der Waals surface area contributed by atoms with E-state index in [1.807, 2.05) is 60.7 Å². The summed E-state index contributed by atoms with van der Waals surface area (Å²) in [6.07, 6.45) is 0. The Kier molecular flexibility index (Phi) is 7.16. The Hall–Kier alpha value is -7.89. The number of fused-ring (bicyclic) bond motifs is 9. The Balaban J connectivity index is 1.12. The van der Waals surface area contributed by atoms with Crippen LogP contribution in [0.15, 0.2) is 200 Å². The van der Waals surface area contributed by atoms with Crippen LogP contribution in [0.4, 0.5) is 0 Å². The minimum absolute atomic E-state index is 0.633. The molecule has 0 atom stereocenters. The summed E-state index contributed by atoms with van der Waals surface area (Å²) in [6, 6.07) is 71.0. The van der Waals surface area contributed by atoms with Crippen LogP contribution < -0.4 is 0 Å². The second-order valence-corrected chi connectivity index (χ2v) is 14.8. The molecule has 0 aliphatic rings. The lowest BCUT2D eigenvalue weighted by molar-refractivity contribution is 1.07. The van der Waals surface area contributed by atoms with E-state index >= 15 is 0 Å². The molecule has 9 aromatic carbocycles. The molecular formula is C53H33N5. The number of rotatable bonds is 5. The van der Waals surface area contributed by atoms with Gasteiger partial charge in [-0.1, -0.05) is 158 Å². The highest BCUT2D eigenvalue weighted by Gasteiger charge is 2.23. The first-order chi connectivity index (χ1) is 28.8. The summed E-state index contributed by atoms with van der Waals surface area (Å²) >= 11 is 0. The molecule has 3 aromatic heterocycles. The first-order valence-electron chi connectivity index (χ1n) is 19.6. The number of nitrogens with zero attached hydrogens (tertiary/aromatic N) is 5. The van der Waals surface area contributed by atoms with Crippen LogP contribution in [-0.2, 0) is 0 Å². The smallest absolute Gasteiger partial charge is 0.164 e. The molecule has 0 aliphatic carbocycles. The van der Waals surface area contributed by atoms with Crippen molar-refractivity contribution >= 4 is 65.2 Å². The predicted octanol–water partition coefficient (Wildman–Crippen LogP) is 13.4. The predicted molar refractivity (Wildman–Crippen MR) is 240 cm³/mol. The average molecular weight is 740 g/mol. The van der Waals surface area contributed by atoms with Gasteiger partial charge in [0.15, 0.2) is 17.5 Å². The number of para-hydroxylation sites is 2. The Morgan fingerprint density at radius 2 is 0.810 bits per heavy atom. The van der Waals surface area contributed by atoms with Gasteiger partial charge >= 0.3 is 0 Å². The third kappa shape index (κ3) is 4.93. The molecule has 0 radical (unpaired) electrons. The van der Waals surface area contributed by atoms with Crippen molar-refractivity contribution in [3.8, 4) is 45.5 Å². The SMILES string of the molecule is c1ccc(-c2nc(-c3ccccc3)nc(-c3ccc(-n4c5ccccc5c5c(-n6c7ccccc7c7ccc8ccccc8c76)c6ccccc6cc54)cc3)n2)cc1. The van der Waals surface area contributed by atoms with Crippen molar-refractivity contribution in [2.45, 2.75) is 0 Å². The molecule has 0 spiro atoms. The van der Waals surface area contributed by atoms with E-state index in [2.05, 4.69) is 149 Å². The number of hydrogen-bond donors (Lipinski definition) is 0. The van der Waals surface area contributed by atoms with Gasteiger partial charge in [-0.15, -0.1) is 0 Å². The lowest BCUT2D eigenvalue weighted by Crippen LogP contribution is -2.01. The fourth-order valence-electron chi connectivity index (χ4n) is 8.94. The van der Waals surface area contributed by atoms with E-state index in [-0.39, 0.29) is 0 Å². The van der Waals surface area contributed by atoms with Crippen LogP contribution in [0.3, 0.4) is 0 Å². The van der Waals surface area contributed by atoms with E-state index in [0.29, 0.717) is 17.5 Å². The molecule has 0 bridgehead atoms. The molecule has 0 fully saturated rings. The number of benzene rings is 9. The van der Waals surface area contributed by atoms with Gasteiger partial charge in [0.1, 0.15) is 0 Å². The van der Waals surface area contributed by atoms with Gasteiger partial charge in [-0.2, -0.15) is 0 Å². The lowest BCUT2D eigenvalue weighted by Gasteiger charge is -2.16. The molecule has 58 heavy (non-hydrogen) atoms. The van der Waals surface area contributed by atoms with E-state index in [1.165, 1.54) is 59.8 Å². The van der Waals surface area contributed by atoms with E-state index in [0.717, 1.165) is 33.4 Å². The van der Waals surface area contributed by atoms with Crippen LogP contribution in [0.25, 0.3) is 111 Å². The fraction of sp³-hybridized carbons (Fsp3) is 0. The van der Waals surface area contributed by atoms with Gasteiger partial charge in [0.05, 0.1) is 27.8 Å².